The Morgan fingerprint density at radius 3 is 2.83 bits per heavy atom. The van der Waals surface area contributed by atoms with Crippen LogP contribution in [0.1, 0.15) is 30.4 Å². The summed E-state index contributed by atoms with van der Waals surface area (Å²) in [4.78, 5) is 14.3. The quantitative estimate of drug-likeness (QED) is 0.859. The molecule has 1 unspecified atom stereocenters. The lowest BCUT2D eigenvalue weighted by Gasteiger charge is -2.23. The van der Waals surface area contributed by atoms with Gasteiger partial charge in [-0.2, -0.15) is 10.5 Å². The van der Waals surface area contributed by atoms with E-state index in [1.54, 1.807) is 4.90 Å². The highest BCUT2D eigenvalue weighted by atomic mass is 16.2. The molecule has 1 amide bonds. The highest BCUT2D eigenvalue weighted by Crippen LogP contribution is 2.20. The first-order chi connectivity index (χ1) is 11.7. The molecule has 2 fully saturated rings. The first-order valence-corrected chi connectivity index (χ1v) is 8.37. The molecule has 2 saturated heterocycles. The van der Waals surface area contributed by atoms with Gasteiger partial charge in [-0.3, -0.25) is 4.79 Å². The summed E-state index contributed by atoms with van der Waals surface area (Å²) in [6.45, 7) is 2.15. The van der Waals surface area contributed by atoms with Gasteiger partial charge < -0.3 is 15.5 Å². The Bertz CT molecular complexity index is 672. The minimum atomic E-state index is -0.259. The van der Waals surface area contributed by atoms with Crippen LogP contribution in [0, 0.1) is 22.7 Å². The van der Waals surface area contributed by atoms with Crippen LogP contribution in [0.3, 0.4) is 0 Å². The first-order valence-electron chi connectivity index (χ1n) is 8.37. The number of nitrogens with one attached hydrogen (secondary N) is 2. The number of nitriles is 2. The van der Waals surface area contributed by atoms with E-state index in [1.165, 1.54) is 0 Å². The number of benzene rings is 1. The van der Waals surface area contributed by atoms with Crippen LogP contribution in [0.25, 0.3) is 0 Å². The van der Waals surface area contributed by atoms with E-state index in [-0.39, 0.29) is 24.0 Å². The van der Waals surface area contributed by atoms with Crippen LogP contribution in [0.5, 0.6) is 0 Å². The Labute approximate surface area is 142 Å². The Hall–Kier alpha value is -2.41. The number of hydrogen-bond donors (Lipinski definition) is 2. The number of hydrogen-bond acceptors (Lipinski definition) is 5. The molecule has 0 aromatic heterocycles. The van der Waals surface area contributed by atoms with Gasteiger partial charge in [-0.1, -0.05) is 12.1 Å². The van der Waals surface area contributed by atoms with Gasteiger partial charge in [0, 0.05) is 25.7 Å². The number of nitrogens with zero attached hydrogens (tertiary/aromatic N) is 3. The summed E-state index contributed by atoms with van der Waals surface area (Å²) >= 11 is 0. The van der Waals surface area contributed by atoms with E-state index in [1.807, 2.05) is 24.3 Å². The molecule has 0 radical (unpaired) electrons. The lowest BCUT2D eigenvalue weighted by Crippen LogP contribution is -2.45. The van der Waals surface area contributed by atoms with Gasteiger partial charge in [0.25, 0.3) is 0 Å². The monoisotopic (exact) mass is 323 g/mol. The minimum absolute atomic E-state index is 0.0572. The zero-order chi connectivity index (χ0) is 16.9. The molecule has 3 atom stereocenters. The average molecular weight is 323 g/mol. The van der Waals surface area contributed by atoms with E-state index in [2.05, 4.69) is 22.8 Å². The maximum absolute atomic E-state index is 12.6. The molecule has 124 valence electrons. The molecule has 2 aliphatic heterocycles. The van der Waals surface area contributed by atoms with Gasteiger partial charge in [0.2, 0.25) is 5.91 Å². The standard InChI is InChI=1S/C18H21N5O/c19-9-13-3-5-14(6-4-13)11-21-15-8-17(22-12-15)18(24)23-7-1-2-16(23)10-20/h3-6,15-17,21-22H,1-2,7-8,11-12H2/t15-,16?,17-/m0/s1. The highest BCUT2D eigenvalue weighted by Gasteiger charge is 2.36. The van der Waals surface area contributed by atoms with Crippen molar-refractivity contribution in [3.05, 3.63) is 35.4 Å². The lowest BCUT2D eigenvalue weighted by atomic mass is 10.1. The van der Waals surface area contributed by atoms with Gasteiger partial charge in [-0.05, 0) is 37.0 Å². The fourth-order valence-electron chi connectivity index (χ4n) is 3.40. The summed E-state index contributed by atoms with van der Waals surface area (Å²) in [5, 5.41) is 24.7. The topological polar surface area (TPSA) is 91.9 Å². The number of rotatable bonds is 4. The van der Waals surface area contributed by atoms with Crippen molar-refractivity contribution in [3.63, 3.8) is 0 Å². The lowest BCUT2D eigenvalue weighted by molar-refractivity contribution is -0.133. The van der Waals surface area contributed by atoms with E-state index in [4.69, 9.17) is 10.5 Å². The van der Waals surface area contributed by atoms with Crippen molar-refractivity contribution in [2.75, 3.05) is 13.1 Å². The smallest absolute Gasteiger partial charge is 0.240 e. The van der Waals surface area contributed by atoms with Crippen LogP contribution in [0.4, 0.5) is 0 Å². The van der Waals surface area contributed by atoms with Gasteiger partial charge in [-0.15, -0.1) is 0 Å². The van der Waals surface area contributed by atoms with Crippen molar-refractivity contribution < 1.29 is 4.79 Å². The number of likely N-dealkylation sites (tertiary alicyclic amines) is 1. The van der Waals surface area contributed by atoms with E-state index in [9.17, 15) is 4.79 Å². The third-order valence-electron chi connectivity index (χ3n) is 4.79. The molecule has 6 heteroatoms. The molecule has 1 aromatic rings. The normalized spacial score (nSPS) is 26.1. The Kier molecular flexibility index (Phi) is 5.10. The van der Waals surface area contributed by atoms with E-state index in [0.717, 1.165) is 31.4 Å². The predicted octanol–water partition coefficient (Wildman–Crippen LogP) is 0.893. The van der Waals surface area contributed by atoms with E-state index >= 15 is 0 Å². The minimum Gasteiger partial charge on any atom is -0.325 e. The molecular weight excluding hydrogens is 302 g/mol. The van der Waals surface area contributed by atoms with Crippen LogP contribution < -0.4 is 10.6 Å². The SMILES string of the molecule is N#Cc1ccc(CN[C@@H]2CN[C@H](C(=O)N3CCCC3C#N)C2)cc1. The summed E-state index contributed by atoms with van der Waals surface area (Å²) in [5.74, 6) is 0.0572. The van der Waals surface area contributed by atoms with Gasteiger partial charge in [0.05, 0.1) is 23.7 Å². The second kappa shape index (κ2) is 7.44. The molecular formula is C18H21N5O. The molecule has 2 N–H and O–H groups in total. The Morgan fingerprint density at radius 1 is 1.33 bits per heavy atom. The molecule has 0 bridgehead atoms. The van der Waals surface area contributed by atoms with Crippen LogP contribution in [-0.2, 0) is 11.3 Å². The third-order valence-corrected chi connectivity index (χ3v) is 4.79. The second-order valence-corrected chi connectivity index (χ2v) is 6.40. The summed E-state index contributed by atoms with van der Waals surface area (Å²) in [5.41, 5.74) is 1.78. The van der Waals surface area contributed by atoms with Gasteiger partial charge in [0.1, 0.15) is 6.04 Å². The molecule has 3 rings (SSSR count). The predicted molar refractivity (Wildman–Crippen MR) is 88.5 cm³/mol. The molecule has 0 spiro atoms. The molecule has 0 aliphatic carbocycles. The van der Waals surface area contributed by atoms with Gasteiger partial charge >= 0.3 is 0 Å². The first kappa shape index (κ1) is 16.4. The third kappa shape index (κ3) is 3.56. The van der Waals surface area contributed by atoms with Crippen LogP contribution in [-0.4, -0.2) is 42.0 Å². The molecule has 24 heavy (non-hydrogen) atoms. The van der Waals surface area contributed by atoms with E-state index in [0.29, 0.717) is 18.7 Å². The van der Waals surface area contributed by atoms with E-state index < -0.39 is 0 Å². The number of carbonyl (C=O) groups excluding carboxylic acids is 1. The van der Waals surface area contributed by atoms with Crippen molar-refractivity contribution in [2.24, 2.45) is 0 Å². The Balaban J connectivity index is 1.49. The van der Waals surface area contributed by atoms with Crippen LogP contribution in [0.2, 0.25) is 0 Å². The number of amides is 1. The fourth-order valence-corrected chi connectivity index (χ4v) is 3.40. The van der Waals surface area contributed by atoms with Crippen molar-refractivity contribution in [1.29, 1.82) is 10.5 Å². The molecule has 6 nitrogen and oxygen atoms in total. The van der Waals surface area contributed by atoms with Crippen molar-refractivity contribution in [3.8, 4) is 12.1 Å². The largest absolute Gasteiger partial charge is 0.325 e. The molecule has 1 aromatic carbocycles. The van der Waals surface area contributed by atoms with Crippen LogP contribution >= 0.6 is 0 Å². The molecule has 2 heterocycles. The van der Waals surface area contributed by atoms with Crippen LogP contribution in [0.15, 0.2) is 24.3 Å². The average Bonchev–Trinajstić information content (AvgIpc) is 3.29. The second-order valence-electron chi connectivity index (χ2n) is 6.40. The maximum Gasteiger partial charge on any atom is 0.240 e. The Morgan fingerprint density at radius 2 is 2.12 bits per heavy atom. The maximum atomic E-state index is 12.6. The van der Waals surface area contributed by atoms with Crippen molar-refractivity contribution >= 4 is 5.91 Å². The van der Waals surface area contributed by atoms with Gasteiger partial charge in [-0.25, -0.2) is 0 Å². The summed E-state index contributed by atoms with van der Waals surface area (Å²) < 4.78 is 0. The molecule has 0 saturated carbocycles. The number of carbonyl (C=O) groups is 1. The molecule has 2 aliphatic rings. The fraction of sp³-hybridized carbons (Fsp3) is 0.500. The van der Waals surface area contributed by atoms with Gasteiger partial charge in [0.15, 0.2) is 0 Å². The summed E-state index contributed by atoms with van der Waals surface area (Å²) in [7, 11) is 0. The van der Waals surface area contributed by atoms with Crippen molar-refractivity contribution in [1.82, 2.24) is 15.5 Å². The van der Waals surface area contributed by atoms with Crippen molar-refractivity contribution in [2.45, 2.75) is 43.9 Å². The zero-order valence-corrected chi connectivity index (χ0v) is 13.5. The summed E-state index contributed by atoms with van der Waals surface area (Å²) in [6.07, 6.45) is 2.44. The summed E-state index contributed by atoms with van der Waals surface area (Å²) in [6, 6.07) is 11.6. The highest BCUT2D eigenvalue weighted by molar-refractivity contribution is 5.83. The zero-order valence-electron chi connectivity index (χ0n) is 13.5.